The summed E-state index contributed by atoms with van der Waals surface area (Å²) < 4.78 is 28.7. The summed E-state index contributed by atoms with van der Waals surface area (Å²) in [7, 11) is 0. The van der Waals surface area contributed by atoms with E-state index in [1.807, 2.05) is 0 Å². The van der Waals surface area contributed by atoms with E-state index in [1.165, 1.54) is 0 Å². The van der Waals surface area contributed by atoms with Crippen LogP contribution in [0.3, 0.4) is 0 Å². The molecule has 0 unspecified atom stereocenters. The molecule has 2 heterocycles. The fourth-order valence-corrected chi connectivity index (χ4v) is 3.26. The predicted octanol–water partition coefficient (Wildman–Crippen LogP) is 2.12. The maximum absolute atomic E-state index is 13.8. The molecule has 1 N–H and O–H groups in total. The third-order valence-electron chi connectivity index (χ3n) is 4.58. The summed E-state index contributed by atoms with van der Waals surface area (Å²) in [5.74, 6) is -1.93. The quantitative estimate of drug-likeness (QED) is 0.812. The number of aliphatic hydroxyl groups excluding tert-OH is 1. The number of carbonyl (C=O) groups excluding carboxylic acids is 1. The molecule has 0 bridgehead atoms. The predicted molar refractivity (Wildman–Crippen MR) is 88.1 cm³/mol. The third kappa shape index (κ3) is 4.49. The van der Waals surface area contributed by atoms with Crippen molar-refractivity contribution in [2.45, 2.75) is 25.5 Å². The summed E-state index contributed by atoms with van der Waals surface area (Å²) in [5.41, 5.74) is -0.169. The number of rotatable bonds is 6. The Hall–Kier alpha value is -2.12. The van der Waals surface area contributed by atoms with Crippen molar-refractivity contribution in [3.8, 4) is 0 Å². The summed E-state index contributed by atoms with van der Waals surface area (Å²) in [4.78, 5) is 14.5. The Balaban J connectivity index is 1.51. The van der Waals surface area contributed by atoms with E-state index in [4.69, 9.17) is 0 Å². The number of benzene rings is 1. The van der Waals surface area contributed by atoms with Crippen LogP contribution in [-0.4, -0.2) is 51.3 Å². The van der Waals surface area contributed by atoms with E-state index in [2.05, 4.69) is 10.00 Å². The number of Topliss-reactive ketones (excluding diaryl/α,β-unsaturated/α-hetero) is 1. The molecule has 1 fully saturated rings. The number of piperidine rings is 1. The molecule has 1 aliphatic heterocycles. The molecule has 7 heteroatoms. The van der Waals surface area contributed by atoms with Gasteiger partial charge in [-0.05, 0) is 50.2 Å². The molecule has 1 saturated heterocycles. The maximum atomic E-state index is 13.8. The van der Waals surface area contributed by atoms with E-state index in [9.17, 15) is 18.7 Å². The molecule has 0 spiro atoms. The number of carbonyl (C=O) groups is 1. The second kappa shape index (κ2) is 7.84. The van der Waals surface area contributed by atoms with Crippen LogP contribution in [0.15, 0.2) is 36.7 Å². The van der Waals surface area contributed by atoms with Gasteiger partial charge in [-0.15, -0.1) is 0 Å². The van der Waals surface area contributed by atoms with Crippen LogP contribution in [0, 0.1) is 17.6 Å². The number of aliphatic hydroxyl groups is 1. The lowest BCUT2D eigenvalue weighted by Crippen LogP contribution is -2.41. The molecule has 25 heavy (non-hydrogen) atoms. The Morgan fingerprint density at radius 2 is 2.04 bits per heavy atom. The van der Waals surface area contributed by atoms with E-state index in [0.717, 1.165) is 18.2 Å². The first kappa shape index (κ1) is 17.7. The van der Waals surface area contributed by atoms with E-state index < -0.39 is 17.7 Å². The van der Waals surface area contributed by atoms with Crippen molar-refractivity contribution >= 4 is 5.78 Å². The molecule has 0 radical (unpaired) electrons. The summed E-state index contributed by atoms with van der Waals surface area (Å²) in [6.07, 6.45) is 4.05. The largest absolute Gasteiger partial charge is 0.390 e. The molecule has 3 rings (SSSR count). The first-order valence-corrected chi connectivity index (χ1v) is 8.40. The fourth-order valence-electron chi connectivity index (χ4n) is 3.26. The molecule has 2 aromatic rings. The summed E-state index contributed by atoms with van der Waals surface area (Å²) in [6.45, 7) is 2.20. The van der Waals surface area contributed by atoms with Gasteiger partial charge < -0.3 is 10.0 Å². The van der Waals surface area contributed by atoms with Crippen LogP contribution in [0.1, 0.15) is 23.2 Å². The van der Waals surface area contributed by atoms with Crippen molar-refractivity contribution in [2.75, 3.05) is 19.6 Å². The molecule has 0 aliphatic carbocycles. The van der Waals surface area contributed by atoms with Crippen molar-refractivity contribution in [3.63, 3.8) is 0 Å². The zero-order valence-electron chi connectivity index (χ0n) is 13.8. The van der Waals surface area contributed by atoms with Gasteiger partial charge in [0, 0.05) is 24.9 Å². The first-order chi connectivity index (χ1) is 12.0. The number of likely N-dealkylation sites (tertiary alicyclic amines) is 1. The molecule has 1 atom stereocenters. The van der Waals surface area contributed by atoms with E-state index >= 15 is 0 Å². The average molecular weight is 349 g/mol. The lowest BCUT2D eigenvalue weighted by molar-refractivity contribution is 0.0666. The highest BCUT2D eigenvalue weighted by Crippen LogP contribution is 2.23. The van der Waals surface area contributed by atoms with Gasteiger partial charge in [-0.2, -0.15) is 5.10 Å². The van der Waals surface area contributed by atoms with Gasteiger partial charge in [0.2, 0.25) is 0 Å². The van der Waals surface area contributed by atoms with Crippen molar-refractivity contribution in [3.05, 3.63) is 53.9 Å². The monoisotopic (exact) mass is 349 g/mol. The van der Waals surface area contributed by atoms with Gasteiger partial charge >= 0.3 is 0 Å². The number of aromatic nitrogens is 2. The highest BCUT2D eigenvalue weighted by atomic mass is 19.1. The second-order valence-corrected chi connectivity index (χ2v) is 6.45. The van der Waals surface area contributed by atoms with Crippen LogP contribution in [-0.2, 0) is 6.54 Å². The molecular weight excluding hydrogens is 328 g/mol. The molecule has 1 aromatic carbocycles. The van der Waals surface area contributed by atoms with Gasteiger partial charge in [0.1, 0.15) is 11.6 Å². The molecule has 0 amide bonds. The minimum Gasteiger partial charge on any atom is -0.390 e. The molecule has 1 aromatic heterocycles. The number of β-amino-alcohol motifs (C(OH)–C–C–N with tert-alkyl or cyclic N) is 1. The Kier molecular flexibility index (Phi) is 5.55. The summed E-state index contributed by atoms with van der Waals surface area (Å²) in [5, 5.41) is 14.2. The fraction of sp³-hybridized carbons (Fsp3) is 0.444. The normalized spacial score (nSPS) is 17.6. The minimum atomic E-state index is -0.677. The number of hydrogen-bond acceptors (Lipinski definition) is 4. The number of ketones is 1. The number of hydrogen-bond donors (Lipinski definition) is 1. The van der Waals surface area contributed by atoms with Crippen molar-refractivity contribution in [2.24, 2.45) is 5.92 Å². The van der Waals surface area contributed by atoms with Crippen molar-refractivity contribution in [1.82, 2.24) is 14.7 Å². The summed E-state index contributed by atoms with van der Waals surface area (Å²) >= 11 is 0. The van der Waals surface area contributed by atoms with Crippen LogP contribution in [0.2, 0.25) is 0 Å². The van der Waals surface area contributed by atoms with Gasteiger partial charge in [0.05, 0.1) is 18.2 Å². The molecular formula is C18H21F2N3O2. The van der Waals surface area contributed by atoms with Gasteiger partial charge in [0.25, 0.3) is 0 Å². The minimum absolute atomic E-state index is 0.169. The second-order valence-electron chi connectivity index (χ2n) is 6.45. The van der Waals surface area contributed by atoms with Crippen molar-refractivity contribution < 1.29 is 18.7 Å². The maximum Gasteiger partial charge on any atom is 0.169 e. The first-order valence-electron chi connectivity index (χ1n) is 8.40. The molecule has 1 aliphatic rings. The Bertz CT molecular complexity index is 713. The SMILES string of the molecule is O=C(c1cc(F)ccc1F)C1CCN(C[C@H](O)Cn2cccn2)CC1. The van der Waals surface area contributed by atoms with Gasteiger partial charge in [0.15, 0.2) is 5.78 Å². The standard InChI is InChI=1S/C18H21F2N3O2/c19-14-2-3-17(20)16(10-14)18(25)13-4-8-22(9-5-13)11-15(24)12-23-7-1-6-21-23/h1-3,6-7,10,13,15,24H,4-5,8-9,11-12H2/t15-/m0/s1. The van der Waals surface area contributed by atoms with E-state index in [-0.39, 0.29) is 17.3 Å². The van der Waals surface area contributed by atoms with E-state index in [0.29, 0.717) is 39.0 Å². The van der Waals surface area contributed by atoms with Crippen molar-refractivity contribution in [1.29, 1.82) is 0 Å². The van der Waals surface area contributed by atoms with E-state index in [1.54, 1.807) is 23.1 Å². The Morgan fingerprint density at radius 3 is 2.72 bits per heavy atom. The topological polar surface area (TPSA) is 58.4 Å². The smallest absolute Gasteiger partial charge is 0.169 e. The highest BCUT2D eigenvalue weighted by molar-refractivity contribution is 5.98. The Morgan fingerprint density at radius 1 is 1.28 bits per heavy atom. The highest BCUT2D eigenvalue weighted by Gasteiger charge is 2.28. The van der Waals surface area contributed by atoms with Crippen LogP contribution in [0.4, 0.5) is 8.78 Å². The van der Waals surface area contributed by atoms with Gasteiger partial charge in [-0.25, -0.2) is 8.78 Å². The molecule has 134 valence electrons. The lowest BCUT2D eigenvalue weighted by Gasteiger charge is -2.32. The van der Waals surface area contributed by atoms with Crippen LogP contribution >= 0.6 is 0 Å². The zero-order valence-corrected chi connectivity index (χ0v) is 13.8. The molecule has 0 saturated carbocycles. The Labute approximate surface area is 144 Å². The lowest BCUT2D eigenvalue weighted by atomic mass is 9.88. The van der Waals surface area contributed by atoms with Crippen LogP contribution in [0.25, 0.3) is 0 Å². The number of halogens is 2. The average Bonchev–Trinajstić information content (AvgIpc) is 3.10. The van der Waals surface area contributed by atoms with Crippen LogP contribution < -0.4 is 0 Å². The number of nitrogens with zero attached hydrogens (tertiary/aromatic N) is 3. The zero-order chi connectivity index (χ0) is 17.8. The molecule has 5 nitrogen and oxygen atoms in total. The summed E-state index contributed by atoms with van der Waals surface area (Å²) in [6, 6.07) is 4.77. The van der Waals surface area contributed by atoms with Gasteiger partial charge in [-0.1, -0.05) is 0 Å². The van der Waals surface area contributed by atoms with Crippen LogP contribution in [0.5, 0.6) is 0 Å². The van der Waals surface area contributed by atoms with Gasteiger partial charge in [-0.3, -0.25) is 9.48 Å². The third-order valence-corrected chi connectivity index (χ3v) is 4.58.